The number of thioether (sulfide) groups is 1. The lowest BCUT2D eigenvalue weighted by molar-refractivity contribution is 0.802. The SMILES string of the molecule is CC(C)(C)SCc1nc(-c2cccc(C#N)c2)cs1. The van der Waals surface area contributed by atoms with Crippen molar-refractivity contribution in [3.63, 3.8) is 0 Å². The van der Waals surface area contributed by atoms with Gasteiger partial charge in [0.05, 0.1) is 17.3 Å². The molecule has 0 atom stereocenters. The molecule has 0 aliphatic rings. The number of hydrogen-bond donors (Lipinski definition) is 0. The van der Waals surface area contributed by atoms with Crippen LogP contribution in [-0.2, 0) is 5.75 Å². The zero-order valence-corrected chi connectivity index (χ0v) is 12.9. The highest BCUT2D eigenvalue weighted by atomic mass is 32.2. The molecule has 1 heterocycles. The van der Waals surface area contributed by atoms with Gasteiger partial charge in [-0.25, -0.2) is 4.98 Å². The van der Waals surface area contributed by atoms with Crippen LogP contribution in [0.25, 0.3) is 11.3 Å². The Morgan fingerprint density at radius 3 is 2.84 bits per heavy atom. The summed E-state index contributed by atoms with van der Waals surface area (Å²) < 4.78 is 0.257. The van der Waals surface area contributed by atoms with Gasteiger partial charge in [-0.3, -0.25) is 0 Å². The molecular weight excluding hydrogens is 272 g/mol. The highest BCUT2D eigenvalue weighted by Crippen LogP contribution is 2.30. The minimum Gasteiger partial charge on any atom is -0.240 e. The molecule has 0 radical (unpaired) electrons. The second-order valence-corrected chi connectivity index (χ2v) is 7.96. The first-order valence-electron chi connectivity index (χ1n) is 6.07. The number of thiazole rings is 1. The Hall–Kier alpha value is -1.31. The summed E-state index contributed by atoms with van der Waals surface area (Å²) in [5.74, 6) is 0.937. The van der Waals surface area contributed by atoms with Crippen LogP contribution in [0.1, 0.15) is 31.3 Å². The Kier molecular flexibility index (Phi) is 4.28. The average molecular weight is 288 g/mol. The molecule has 0 aliphatic carbocycles. The molecule has 19 heavy (non-hydrogen) atoms. The molecule has 0 N–H and O–H groups in total. The summed E-state index contributed by atoms with van der Waals surface area (Å²) in [4.78, 5) is 4.65. The summed E-state index contributed by atoms with van der Waals surface area (Å²) in [5.41, 5.74) is 2.66. The lowest BCUT2D eigenvalue weighted by atomic mass is 10.1. The predicted octanol–water partition coefficient (Wildman–Crippen LogP) is 4.71. The second-order valence-electron chi connectivity index (χ2n) is 5.22. The number of benzene rings is 1. The van der Waals surface area contributed by atoms with Gasteiger partial charge in [-0.1, -0.05) is 32.9 Å². The maximum atomic E-state index is 8.92. The molecule has 1 aromatic carbocycles. The van der Waals surface area contributed by atoms with E-state index in [0.29, 0.717) is 5.56 Å². The fraction of sp³-hybridized carbons (Fsp3) is 0.333. The van der Waals surface area contributed by atoms with Crippen molar-refractivity contribution in [1.29, 1.82) is 5.26 Å². The third kappa shape index (κ3) is 4.09. The maximum Gasteiger partial charge on any atom is 0.103 e. The van der Waals surface area contributed by atoms with Crippen LogP contribution in [0.4, 0.5) is 0 Å². The van der Waals surface area contributed by atoms with Crippen molar-refractivity contribution >= 4 is 23.1 Å². The van der Waals surface area contributed by atoms with Gasteiger partial charge in [0, 0.05) is 21.4 Å². The van der Waals surface area contributed by atoms with Gasteiger partial charge in [0.15, 0.2) is 0 Å². The molecule has 0 unspecified atom stereocenters. The monoisotopic (exact) mass is 288 g/mol. The Labute approximate surface area is 122 Å². The summed E-state index contributed by atoms with van der Waals surface area (Å²) in [7, 11) is 0. The van der Waals surface area contributed by atoms with Gasteiger partial charge >= 0.3 is 0 Å². The highest BCUT2D eigenvalue weighted by Gasteiger charge is 2.12. The summed E-state index contributed by atoms with van der Waals surface area (Å²) in [5, 5.41) is 12.1. The molecule has 2 aromatic rings. The molecule has 2 nitrogen and oxygen atoms in total. The van der Waals surface area contributed by atoms with Crippen LogP contribution in [0.15, 0.2) is 29.6 Å². The van der Waals surface area contributed by atoms with E-state index >= 15 is 0 Å². The topological polar surface area (TPSA) is 36.7 Å². The van der Waals surface area contributed by atoms with Gasteiger partial charge in [-0.15, -0.1) is 23.1 Å². The van der Waals surface area contributed by atoms with Crippen molar-refractivity contribution in [1.82, 2.24) is 4.98 Å². The van der Waals surface area contributed by atoms with Crippen LogP contribution in [0.5, 0.6) is 0 Å². The Morgan fingerprint density at radius 2 is 2.16 bits per heavy atom. The molecule has 2 rings (SSSR count). The molecule has 98 valence electrons. The summed E-state index contributed by atoms with van der Waals surface area (Å²) in [6.07, 6.45) is 0. The molecule has 0 aliphatic heterocycles. The van der Waals surface area contributed by atoms with E-state index in [1.165, 1.54) is 0 Å². The molecule has 0 saturated heterocycles. The first-order valence-corrected chi connectivity index (χ1v) is 7.93. The van der Waals surface area contributed by atoms with Crippen LogP contribution in [0, 0.1) is 11.3 Å². The molecule has 0 saturated carbocycles. The lowest BCUT2D eigenvalue weighted by Gasteiger charge is -2.16. The van der Waals surface area contributed by atoms with Crippen molar-refractivity contribution in [3.05, 3.63) is 40.2 Å². The van der Waals surface area contributed by atoms with E-state index in [1.54, 1.807) is 11.3 Å². The molecular formula is C15H16N2S2. The first-order chi connectivity index (χ1) is 8.98. The fourth-order valence-corrected chi connectivity index (χ4v) is 3.19. The zero-order valence-electron chi connectivity index (χ0n) is 11.3. The fourth-order valence-electron chi connectivity index (χ4n) is 1.54. The smallest absolute Gasteiger partial charge is 0.103 e. The first kappa shape index (κ1) is 14.1. The van der Waals surface area contributed by atoms with Gasteiger partial charge < -0.3 is 0 Å². The van der Waals surface area contributed by atoms with Crippen molar-refractivity contribution in [3.8, 4) is 17.3 Å². The minimum atomic E-state index is 0.257. The van der Waals surface area contributed by atoms with Crippen molar-refractivity contribution in [2.45, 2.75) is 31.3 Å². The third-order valence-electron chi connectivity index (χ3n) is 2.47. The largest absolute Gasteiger partial charge is 0.240 e. The quantitative estimate of drug-likeness (QED) is 0.820. The zero-order chi connectivity index (χ0) is 13.9. The standard InChI is InChI=1S/C15H16N2S2/c1-15(2,3)19-10-14-17-13(9-18-14)12-6-4-5-11(7-12)8-16/h4-7,9H,10H2,1-3H3. The summed E-state index contributed by atoms with van der Waals surface area (Å²) in [6.45, 7) is 6.63. The Balaban J connectivity index is 2.14. The van der Waals surface area contributed by atoms with Crippen molar-refractivity contribution < 1.29 is 0 Å². The number of nitriles is 1. The van der Waals surface area contributed by atoms with E-state index in [0.717, 1.165) is 22.0 Å². The van der Waals surface area contributed by atoms with Crippen LogP contribution < -0.4 is 0 Å². The molecule has 1 aromatic heterocycles. The Morgan fingerprint density at radius 1 is 1.37 bits per heavy atom. The molecule has 0 bridgehead atoms. The van der Waals surface area contributed by atoms with E-state index in [1.807, 2.05) is 36.0 Å². The number of nitrogens with zero attached hydrogens (tertiary/aromatic N) is 2. The van der Waals surface area contributed by atoms with Crippen molar-refractivity contribution in [2.75, 3.05) is 0 Å². The summed E-state index contributed by atoms with van der Waals surface area (Å²) >= 11 is 3.58. The van der Waals surface area contributed by atoms with Gasteiger partial charge in [0.1, 0.15) is 5.01 Å². The molecule has 0 fully saturated rings. The minimum absolute atomic E-state index is 0.257. The predicted molar refractivity (Wildman–Crippen MR) is 83.3 cm³/mol. The van der Waals surface area contributed by atoms with E-state index in [4.69, 9.17) is 5.26 Å². The number of aromatic nitrogens is 1. The van der Waals surface area contributed by atoms with Crippen LogP contribution >= 0.6 is 23.1 Å². The van der Waals surface area contributed by atoms with Gasteiger partial charge in [-0.05, 0) is 12.1 Å². The van der Waals surface area contributed by atoms with E-state index in [9.17, 15) is 0 Å². The van der Waals surface area contributed by atoms with Gasteiger partial charge in [0.2, 0.25) is 0 Å². The van der Waals surface area contributed by atoms with Crippen LogP contribution in [0.2, 0.25) is 0 Å². The van der Waals surface area contributed by atoms with Gasteiger partial charge in [-0.2, -0.15) is 5.26 Å². The maximum absolute atomic E-state index is 8.92. The van der Waals surface area contributed by atoms with Crippen molar-refractivity contribution in [2.24, 2.45) is 0 Å². The normalized spacial score (nSPS) is 11.3. The number of hydrogen-bond acceptors (Lipinski definition) is 4. The third-order valence-corrected chi connectivity index (χ3v) is 4.78. The average Bonchev–Trinajstić information content (AvgIpc) is 2.84. The van der Waals surface area contributed by atoms with Crippen LogP contribution in [0.3, 0.4) is 0 Å². The lowest BCUT2D eigenvalue weighted by Crippen LogP contribution is -2.07. The second kappa shape index (κ2) is 5.77. The van der Waals surface area contributed by atoms with Gasteiger partial charge in [0.25, 0.3) is 0 Å². The molecule has 0 amide bonds. The van der Waals surface area contributed by atoms with E-state index in [-0.39, 0.29) is 4.75 Å². The highest BCUT2D eigenvalue weighted by molar-refractivity contribution is 7.99. The Bertz CT molecular complexity index is 603. The van der Waals surface area contributed by atoms with E-state index < -0.39 is 0 Å². The molecule has 0 spiro atoms. The van der Waals surface area contributed by atoms with Crippen LogP contribution in [-0.4, -0.2) is 9.73 Å². The summed E-state index contributed by atoms with van der Waals surface area (Å²) in [6, 6.07) is 9.75. The van der Waals surface area contributed by atoms with E-state index in [2.05, 4.69) is 37.2 Å². The molecule has 4 heteroatoms. The number of rotatable bonds is 3.